The second-order valence-corrected chi connectivity index (χ2v) is 8.62. The van der Waals surface area contributed by atoms with Crippen LogP contribution in [0, 0.1) is 0 Å². The highest BCUT2D eigenvalue weighted by Gasteiger charge is 2.32. The maximum atomic E-state index is 13.0. The summed E-state index contributed by atoms with van der Waals surface area (Å²) in [7, 11) is 0. The van der Waals surface area contributed by atoms with Gasteiger partial charge < -0.3 is 48.5 Å². The Bertz CT molecular complexity index is 940. The molecule has 0 aliphatic rings. The average molecular weight is 525 g/mol. The average Bonchev–Trinajstić information content (AvgIpc) is 2.81. The van der Waals surface area contributed by atoms with E-state index in [2.05, 4.69) is 16.0 Å². The predicted molar refractivity (Wildman–Crippen MR) is 132 cm³/mol. The van der Waals surface area contributed by atoms with Gasteiger partial charge in [0, 0.05) is 6.42 Å². The van der Waals surface area contributed by atoms with Crippen LogP contribution < -0.4 is 33.2 Å². The number of aromatic hydroxyl groups is 1. The van der Waals surface area contributed by atoms with Gasteiger partial charge in [-0.3, -0.25) is 19.2 Å². The summed E-state index contributed by atoms with van der Waals surface area (Å²) in [4.78, 5) is 60.9. The van der Waals surface area contributed by atoms with Gasteiger partial charge in [0.25, 0.3) is 0 Å². The Morgan fingerprint density at radius 1 is 0.919 bits per heavy atom. The molecule has 14 heteroatoms. The van der Waals surface area contributed by atoms with Gasteiger partial charge in [-0.05, 0) is 50.4 Å². The molecule has 1 aromatic carbocycles. The smallest absolute Gasteiger partial charge is 0.326 e. The second-order valence-electron chi connectivity index (χ2n) is 8.62. The minimum Gasteiger partial charge on any atom is -0.508 e. The van der Waals surface area contributed by atoms with E-state index in [1.165, 1.54) is 31.2 Å². The Morgan fingerprint density at radius 3 is 2.03 bits per heavy atom. The quantitative estimate of drug-likeness (QED) is 0.100. The first-order valence-electron chi connectivity index (χ1n) is 11.7. The van der Waals surface area contributed by atoms with Crippen LogP contribution in [0.15, 0.2) is 24.3 Å². The third-order valence-electron chi connectivity index (χ3n) is 5.39. The molecular weight excluding hydrogens is 488 g/mol. The highest BCUT2D eigenvalue weighted by atomic mass is 16.4. The zero-order chi connectivity index (χ0) is 28.1. The number of aliphatic hydroxyl groups excluding tert-OH is 1. The molecular formula is C23H36N6O8. The summed E-state index contributed by atoms with van der Waals surface area (Å²) in [5, 5.41) is 36.1. The van der Waals surface area contributed by atoms with E-state index < -0.39 is 66.3 Å². The Morgan fingerprint density at radius 2 is 1.51 bits per heavy atom. The normalized spacial score (nSPS) is 14.9. The van der Waals surface area contributed by atoms with E-state index in [9.17, 15) is 39.3 Å². The molecule has 12 N–H and O–H groups in total. The number of carbonyl (C=O) groups is 5. The first-order valence-corrected chi connectivity index (χ1v) is 11.7. The fourth-order valence-corrected chi connectivity index (χ4v) is 3.34. The lowest BCUT2D eigenvalue weighted by Gasteiger charge is -2.26. The third-order valence-corrected chi connectivity index (χ3v) is 5.39. The van der Waals surface area contributed by atoms with Gasteiger partial charge in [0.2, 0.25) is 23.6 Å². The first-order chi connectivity index (χ1) is 17.3. The van der Waals surface area contributed by atoms with Crippen LogP contribution in [0.3, 0.4) is 0 Å². The summed E-state index contributed by atoms with van der Waals surface area (Å²) in [6.45, 7) is 1.56. The number of hydrogen-bond acceptors (Lipinski definition) is 9. The lowest BCUT2D eigenvalue weighted by Crippen LogP contribution is -2.60. The van der Waals surface area contributed by atoms with Crippen LogP contribution >= 0.6 is 0 Å². The van der Waals surface area contributed by atoms with Gasteiger partial charge in [-0.1, -0.05) is 12.1 Å². The van der Waals surface area contributed by atoms with Gasteiger partial charge in [0.1, 0.15) is 23.9 Å². The number of rotatable bonds is 16. The fourth-order valence-electron chi connectivity index (χ4n) is 3.34. The topological polar surface area (TPSA) is 260 Å². The standard InChI is InChI=1S/C23H36N6O8/c1-12(30)19(22(35)28-17(23(36)37)10-13-5-7-14(31)8-6-13)29-21(34)16(4-2-3-9-24)27-20(33)15(25)11-18(26)32/h5-8,12,15-17,19,30-31H,2-4,9-11,24-25H2,1H3,(H2,26,32)(H,27,33)(H,28,35)(H,29,34)(H,36,37)/t12-,15+,16+,17+,19+/m1/s1. The Hall–Kier alpha value is -3.75. The summed E-state index contributed by atoms with van der Waals surface area (Å²) in [5.74, 6) is -4.79. The molecule has 14 nitrogen and oxygen atoms in total. The summed E-state index contributed by atoms with van der Waals surface area (Å²) in [6.07, 6.45) is -0.921. The lowest BCUT2D eigenvalue weighted by atomic mass is 10.0. The van der Waals surface area contributed by atoms with Crippen LogP contribution in [0.4, 0.5) is 0 Å². The van der Waals surface area contributed by atoms with Crippen LogP contribution in [0.1, 0.15) is 38.2 Å². The molecule has 0 saturated carbocycles. The number of benzene rings is 1. The van der Waals surface area contributed by atoms with E-state index in [0.29, 0.717) is 24.9 Å². The van der Waals surface area contributed by atoms with Crippen molar-refractivity contribution in [3.8, 4) is 5.75 Å². The maximum absolute atomic E-state index is 13.0. The van der Waals surface area contributed by atoms with Gasteiger partial charge in [-0.25, -0.2) is 4.79 Å². The first kappa shape index (κ1) is 31.3. The zero-order valence-electron chi connectivity index (χ0n) is 20.6. The van der Waals surface area contributed by atoms with Crippen LogP contribution in [-0.4, -0.2) is 81.7 Å². The Labute approximate surface area is 213 Å². The van der Waals surface area contributed by atoms with Crippen molar-refractivity contribution in [3.05, 3.63) is 29.8 Å². The molecule has 0 radical (unpaired) electrons. The number of aliphatic carboxylic acids is 1. The summed E-state index contributed by atoms with van der Waals surface area (Å²) < 4.78 is 0. The molecule has 0 bridgehead atoms. The molecule has 0 saturated heterocycles. The van der Waals surface area contributed by atoms with Crippen molar-refractivity contribution in [1.29, 1.82) is 0 Å². The van der Waals surface area contributed by atoms with Crippen molar-refractivity contribution in [2.75, 3.05) is 6.54 Å². The molecule has 4 amide bonds. The van der Waals surface area contributed by atoms with Crippen molar-refractivity contribution in [2.24, 2.45) is 17.2 Å². The number of amides is 4. The summed E-state index contributed by atoms with van der Waals surface area (Å²) in [6, 6.07) is 0.275. The summed E-state index contributed by atoms with van der Waals surface area (Å²) >= 11 is 0. The van der Waals surface area contributed by atoms with E-state index in [-0.39, 0.29) is 18.6 Å². The van der Waals surface area contributed by atoms with E-state index in [1.807, 2.05) is 0 Å². The molecule has 5 atom stereocenters. The Kier molecular flexibility index (Phi) is 13.0. The number of unbranched alkanes of at least 4 members (excludes halogenated alkanes) is 1. The molecule has 0 fully saturated rings. The number of phenols is 1. The largest absolute Gasteiger partial charge is 0.508 e. The number of primary amides is 1. The predicted octanol–water partition coefficient (Wildman–Crippen LogP) is -2.81. The van der Waals surface area contributed by atoms with Crippen LogP contribution in [0.2, 0.25) is 0 Å². The van der Waals surface area contributed by atoms with Crippen molar-refractivity contribution < 1.29 is 39.3 Å². The van der Waals surface area contributed by atoms with E-state index in [4.69, 9.17) is 17.2 Å². The van der Waals surface area contributed by atoms with Crippen LogP contribution in [-0.2, 0) is 30.4 Å². The van der Waals surface area contributed by atoms with Crippen molar-refractivity contribution >= 4 is 29.6 Å². The van der Waals surface area contributed by atoms with Crippen LogP contribution in [0.5, 0.6) is 5.75 Å². The number of carboxylic acids is 1. The molecule has 1 aromatic rings. The van der Waals surface area contributed by atoms with Crippen molar-refractivity contribution in [2.45, 2.75) is 69.3 Å². The number of hydrogen-bond donors (Lipinski definition) is 9. The van der Waals surface area contributed by atoms with Gasteiger partial charge in [0.05, 0.1) is 18.6 Å². The Balaban J connectivity index is 2.97. The number of aliphatic hydroxyl groups is 1. The fraction of sp³-hybridized carbons (Fsp3) is 0.522. The minimum atomic E-state index is -1.55. The highest BCUT2D eigenvalue weighted by molar-refractivity contribution is 5.95. The second kappa shape index (κ2) is 15.4. The number of nitrogens with one attached hydrogen (secondary N) is 3. The molecule has 37 heavy (non-hydrogen) atoms. The molecule has 0 aromatic heterocycles. The lowest BCUT2D eigenvalue weighted by molar-refractivity contribution is -0.143. The van der Waals surface area contributed by atoms with Crippen molar-refractivity contribution in [1.82, 2.24) is 16.0 Å². The third kappa shape index (κ3) is 11.2. The van der Waals surface area contributed by atoms with Gasteiger partial charge in [-0.2, -0.15) is 0 Å². The molecule has 0 heterocycles. The minimum absolute atomic E-state index is 0.0137. The molecule has 1 rings (SSSR count). The zero-order valence-corrected chi connectivity index (χ0v) is 20.6. The van der Waals surface area contributed by atoms with E-state index >= 15 is 0 Å². The van der Waals surface area contributed by atoms with Gasteiger partial charge in [-0.15, -0.1) is 0 Å². The number of carbonyl (C=O) groups excluding carboxylic acids is 4. The van der Waals surface area contributed by atoms with Gasteiger partial charge >= 0.3 is 5.97 Å². The molecule has 0 unspecified atom stereocenters. The highest BCUT2D eigenvalue weighted by Crippen LogP contribution is 2.12. The van der Waals surface area contributed by atoms with Gasteiger partial charge in [0.15, 0.2) is 0 Å². The molecule has 0 aliphatic heterocycles. The number of phenolic OH excluding ortho intramolecular Hbond substituents is 1. The van der Waals surface area contributed by atoms with Crippen molar-refractivity contribution in [3.63, 3.8) is 0 Å². The number of carboxylic acid groups (broad SMARTS) is 1. The maximum Gasteiger partial charge on any atom is 0.326 e. The molecule has 0 spiro atoms. The molecule has 206 valence electrons. The van der Waals surface area contributed by atoms with E-state index in [1.54, 1.807) is 0 Å². The summed E-state index contributed by atoms with van der Waals surface area (Å²) in [5.41, 5.74) is 16.7. The number of nitrogens with two attached hydrogens (primary N) is 3. The van der Waals surface area contributed by atoms with Crippen LogP contribution in [0.25, 0.3) is 0 Å². The SMILES string of the molecule is C[C@@H](O)[C@H](NC(=O)[C@H](CCCCN)NC(=O)[C@@H](N)CC(N)=O)C(=O)N[C@@H](Cc1ccc(O)cc1)C(=O)O. The monoisotopic (exact) mass is 524 g/mol. The van der Waals surface area contributed by atoms with E-state index in [0.717, 1.165) is 0 Å². The molecule has 0 aliphatic carbocycles.